The van der Waals surface area contributed by atoms with E-state index in [0.29, 0.717) is 44.6 Å². The minimum absolute atomic E-state index is 0. The van der Waals surface area contributed by atoms with Crippen LogP contribution in [0.3, 0.4) is 0 Å². The van der Waals surface area contributed by atoms with Gasteiger partial charge in [-0.05, 0) is 75.9 Å². The molecule has 0 amide bonds. The fourth-order valence-electron chi connectivity index (χ4n) is 8.07. The van der Waals surface area contributed by atoms with Crippen molar-refractivity contribution in [2.45, 2.75) is 83.9 Å². The molecule has 4 nitrogen and oxygen atoms in total. The van der Waals surface area contributed by atoms with Gasteiger partial charge in [0.25, 0.3) is 0 Å². The Morgan fingerprint density at radius 2 is 1.55 bits per heavy atom. The maximum atomic E-state index is 15.3. The molecule has 0 aliphatic rings. The van der Waals surface area contributed by atoms with Gasteiger partial charge in [0.2, 0.25) is 0 Å². The number of nitrogens with zero attached hydrogens (tertiary/aromatic N) is 3. The molecule has 0 saturated carbocycles. The molecule has 8 heteroatoms. The van der Waals surface area contributed by atoms with Crippen LogP contribution in [-0.2, 0) is 26.5 Å². The van der Waals surface area contributed by atoms with Crippen LogP contribution in [-0.4, -0.2) is 27.8 Å². The third kappa shape index (κ3) is 9.45. The van der Waals surface area contributed by atoms with E-state index in [1.165, 1.54) is 35.4 Å². The van der Waals surface area contributed by atoms with Crippen LogP contribution >= 0.6 is 0 Å². The Kier molecular flexibility index (Phi) is 11.4. The fourth-order valence-corrected chi connectivity index (χ4v) is 11.0. The third-order valence-corrected chi connectivity index (χ3v) is 15.3. The van der Waals surface area contributed by atoms with Crippen molar-refractivity contribution in [3.63, 3.8) is 0 Å². The van der Waals surface area contributed by atoms with Gasteiger partial charge in [-0.2, -0.15) is 0 Å². The van der Waals surface area contributed by atoms with Gasteiger partial charge in [-0.15, -0.1) is 12.1 Å². The molecule has 0 spiro atoms. The first-order chi connectivity index (χ1) is 32.9. The Hall–Kier alpha value is -5.21. The molecule has 0 atom stereocenters. The van der Waals surface area contributed by atoms with Crippen LogP contribution < -0.4 is 4.40 Å². The molecule has 9 aromatic rings. The molecular formula is C56H55F2GeIrN3O-2. The average Bonchev–Trinajstić information content (AvgIpc) is 3.87. The predicted octanol–water partition coefficient (Wildman–Crippen LogP) is 15.2. The first kappa shape index (κ1) is 38.1. The van der Waals surface area contributed by atoms with E-state index < -0.39 is 38.1 Å². The van der Waals surface area contributed by atoms with Gasteiger partial charge < -0.3 is 8.98 Å². The molecule has 3 aromatic heterocycles. The second-order valence-electron chi connectivity index (χ2n) is 17.9. The Labute approximate surface area is 402 Å². The van der Waals surface area contributed by atoms with Gasteiger partial charge in [-0.25, -0.2) is 4.39 Å². The van der Waals surface area contributed by atoms with E-state index in [2.05, 4.69) is 109 Å². The smallest absolute Gasteiger partial charge is 0 e. The van der Waals surface area contributed by atoms with Crippen LogP contribution in [0.5, 0.6) is 0 Å². The fraction of sp³-hybridized carbons (Fsp3) is 0.250. The monoisotopic (exact) mass is 1100 g/mol. The standard InChI is InChI=1S/C37H29F2N2O.C19H26GeN.Ir/c1-21(2)28-18-24(23-10-6-5-7-11-23)19-29(22(3)4)35(28)41-32-13-9-8-12-31(32)40-37(41)27-16-17-30(39)34-26-15-14-25(38)20-33(26)42-36(27)34;1-14(2)11-17-12-19(16-9-7-15(3)8-10-16)21-13-18(17)20(4,5)6;/h5-15,17-22H,1-4H3;7-9,12-14H,11H2,1-6H3;/q2*-1;/i;3D3,7D,8D,11D2;. The van der Waals surface area contributed by atoms with Crippen molar-refractivity contribution >= 4 is 50.6 Å². The molecule has 9 rings (SSSR count). The molecular weight excluding hydrogens is 1030 g/mol. The van der Waals surface area contributed by atoms with Crippen LogP contribution in [0.2, 0.25) is 17.3 Å². The molecule has 0 unspecified atom stereocenters. The summed E-state index contributed by atoms with van der Waals surface area (Å²) in [4.78, 5) is 9.55. The van der Waals surface area contributed by atoms with Crippen LogP contribution in [0, 0.1) is 36.5 Å². The first-order valence-corrected chi connectivity index (χ1v) is 28.7. The number of para-hydroxylation sites is 2. The molecule has 6 aromatic carbocycles. The maximum Gasteiger partial charge on any atom is 0 e. The Bertz CT molecular complexity index is 3380. The number of hydrogen-bond acceptors (Lipinski definition) is 3. The van der Waals surface area contributed by atoms with Crippen LogP contribution in [0.4, 0.5) is 8.78 Å². The van der Waals surface area contributed by atoms with Crippen molar-refractivity contribution in [2.24, 2.45) is 5.92 Å². The van der Waals surface area contributed by atoms with Crippen molar-refractivity contribution in [2.75, 3.05) is 0 Å². The van der Waals surface area contributed by atoms with Crippen molar-refractivity contribution in [3.05, 3.63) is 167 Å². The van der Waals surface area contributed by atoms with E-state index in [0.717, 1.165) is 32.2 Å². The zero-order valence-corrected chi connectivity index (χ0v) is 42.0. The number of benzene rings is 6. The summed E-state index contributed by atoms with van der Waals surface area (Å²) in [5.41, 5.74) is 9.53. The zero-order valence-electron chi connectivity index (χ0n) is 44.5. The van der Waals surface area contributed by atoms with Crippen LogP contribution in [0.25, 0.3) is 72.4 Å². The Morgan fingerprint density at radius 3 is 2.20 bits per heavy atom. The molecule has 0 bridgehead atoms. The molecule has 1 radical (unpaired) electrons. The largest absolute Gasteiger partial charge is 0 e. The van der Waals surface area contributed by atoms with Gasteiger partial charge in [-0.3, -0.25) is 9.37 Å². The van der Waals surface area contributed by atoms with E-state index in [4.69, 9.17) is 19.0 Å². The van der Waals surface area contributed by atoms with E-state index in [9.17, 15) is 4.39 Å². The number of aromatic nitrogens is 3. The van der Waals surface area contributed by atoms with Crippen molar-refractivity contribution in [1.29, 1.82) is 0 Å². The Morgan fingerprint density at radius 1 is 0.844 bits per heavy atom. The molecule has 0 aliphatic carbocycles. The maximum absolute atomic E-state index is 15.3. The molecule has 0 saturated heterocycles. The summed E-state index contributed by atoms with van der Waals surface area (Å²) >= 11 is -2.42. The average molecular weight is 1100 g/mol. The molecule has 0 N–H and O–H groups in total. The van der Waals surface area contributed by atoms with Crippen molar-refractivity contribution < 1.29 is 42.9 Å². The number of fused-ring (bicyclic) bond motifs is 4. The molecule has 3 heterocycles. The normalized spacial score (nSPS) is 13.8. The van der Waals surface area contributed by atoms with Crippen LogP contribution in [0.15, 0.2) is 126 Å². The Balaban J connectivity index is 0.000000224. The summed E-state index contributed by atoms with van der Waals surface area (Å²) < 4.78 is 94.5. The quantitative estimate of drug-likeness (QED) is 0.107. The third-order valence-electron chi connectivity index (χ3n) is 11.1. The summed E-state index contributed by atoms with van der Waals surface area (Å²) in [6.07, 6.45) is 0.154. The minimum Gasteiger partial charge on any atom is 0 e. The predicted molar refractivity (Wildman–Crippen MR) is 261 cm³/mol. The molecule has 64 heavy (non-hydrogen) atoms. The second kappa shape index (κ2) is 19.1. The van der Waals surface area contributed by atoms with E-state index in [1.807, 2.05) is 38.1 Å². The van der Waals surface area contributed by atoms with E-state index in [-0.39, 0.29) is 61.1 Å². The summed E-state index contributed by atoms with van der Waals surface area (Å²) in [5, 5.41) is 0.810. The van der Waals surface area contributed by atoms with E-state index >= 15 is 4.39 Å². The summed E-state index contributed by atoms with van der Waals surface area (Å²) in [7, 11) is 0. The van der Waals surface area contributed by atoms with Crippen LogP contribution in [0.1, 0.15) is 85.2 Å². The second-order valence-corrected chi connectivity index (χ2v) is 28.5. The molecule has 0 fully saturated rings. The van der Waals surface area contributed by atoms with Gasteiger partial charge in [0.05, 0.1) is 22.4 Å². The topological polar surface area (TPSA) is 43.9 Å². The van der Waals surface area contributed by atoms with Gasteiger partial charge in [0.15, 0.2) is 0 Å². The van der Waals surface area contributed by atoms with E-state index in [1.54, 1.807) is 18.3 Å². The van der Waals surface area contributed by atoms with Gasteiger partial charge in [-0.1, -0.05) is 75.7 Å². The van der Waals surface area contributed by atoms with Crippen molar-refractivity contribution in [1.82, 2.24) is 14.5 Å². The number of hydrogen-bond donors (Lipinski definition) is 0. The summed E-state index contributed by atoms with van der Waals surface area (Å²) in [6.45, 7) is 9.92. The number of furan rings is 1. The SMILES string of the molecule is CC(C)c1cc(-c2ccccc2)cc(C(C)C)c1-n1c(-c2[c-]cc(F)c3c2oc2cc(F)ccc23)nc2ccccc21.[2H]c1[c-]c(-c2cc(C([2H])([2H])C(C)C)[c]([Ge]([CH3])([CH3])[CH3])cn2)cc([2H])c1C([2H])([2H])[2H].[Ir]. The summed E-state index contributed by atoms with van der Waals surface area (Å²) in [6, 6.07) is 36.7. The van der Waals surface area contributed by atoms with Gasteiger partial charge in [0.1, 0.15) is 11.4 Å². The first-order valence-electron chi connectivity index (χ1n) is 24.9. The molecule has 329 valence electrons. The number of pyridine rings is 1. The van der Waals surface area contributed by atoms with Gasteiger partial charge in [0, 0.05) is 43.1 Å². The number of imidazole rings is 1. The summed E-state index contributed by atoms with van der Waals surface area (Å²) in [5.74, 6) is 6.36. The molecule has 0 aliphatic heterocycles. The number of rotatable bonds is 9. The minimum atomic E-state index is -2.55. The van der Waals surface area contributed by atoms with Gasteiger partial charge >= 0.3 is 141 Å². The number of halogens is 2. The van der Waals surface area contributed by atoms with Crippen molar-refractivity contribution in [3.8, 4) is 39.5 Å². The zero-order chi connectivity index (χ0) is 50.8.